The molecule has 0 aliphatic carbocycles. The summed E-state index contributed by atoms with van der Waals surface area (Å²) < 4.78 is 0. The van der Waals surface area contributed by atoms with E-state index >= 15 is 0 Å². The first kappa shape index (κ1) is 18.9. The SMILES string of the molecule is CCN(Cc1ccccc1)C(=O)c1cnc(NCc2ccc(Cl)cc2)nc1. The molecule has 2 aromatic carbocycles. The van der Waals surface area contributed by atoms with Gasteiger partial charge >= 0.3 is 0 Å². The highest BCUT2D eigenvalue weighted by molar-refractivity contribution is 6.30. The van der Waals surface area contributed by atoms with Crippen LogP contribution in [-0.2, 0) is 13.1 Å². The quantitative estimate of drug-likeness (QED) is 0.659. The number of hydrogen-bond acceptors (Lipinski definition) is 4. The number of carbonyl (C=O) groups excluding carboxylic acids is 1. The number of rotatable bonds is 7. The Kier molecular flexibility index (Phi) is 6.39. The van der Waals surface area contributed by atoms with Gasteiger partial charge in [-0.3, -0.25) is 4.79 Å². The van der Waals surface area contributed by atoms with E-state index in [2.05, 4.69) is 15.3 Å². The predicted octanol–water partition coefficient (Wildman–Crippen LogP) is 4.40. The summed E-state index contributed by atoms with van der Waals surface area (Å²) in [6.45, 7) is 3.72. The van der Waals surface area contributed by atoms with Crippen LogP contribution in [0.15, 0.2) is 67.0 Å². The highest BCUT2D eigenvalue weighted by Crippen LogP contribution is 2.12. The van der Waals surface area contributed by atoms with Gasteiger partial charge in [-0.25, -0.2) is 9.97 Å². The van der Waals surface area contributed by atoms with E-state index in [-0.39, 0.29) is 5.91 Å². The molecule has 0 spiro atoms. The van der Waals surface area contributed by atoms with Crippen LogP contribution < -0.4 is 5.32 Å². The van der Waals surface area contributed by atoms with Gasteiger partial charge in [-0.15, -0.1) is 0 Å². The summed E-state index contributed by atoms with van der Waals surface area (Å²) in [4.78, 5) is 23.0. The fourth-order valence-corrected chi connectivity index (χ4v) is 2.75. The van der Waals surface area contributed by atoms with Gasteiger partial charge in [0.15, 0.2) is 0 Å². The van der Waals surface area contributed by atoms with Crippen molar-refractivity contribution in [2.24, 2.45) is 0 Å². The summed E-state index contributed by atoms with van der Waals surface area (Å²) in [5, 5.41) is 3.84. The average molecular weight is 381 g/mol. The minimum Gasteiger partial charge on any atom is -0.350 e. The Morgan fingerprint density at radius 1 is 1.00 bits per heavy atom. The molecule has 1 amide bonds. The molecule has 1 aromatic heterocycles. The van der Waals surface area contributed by atoms with E-state index in [4.69, 9.17) is 11.6 Å². The minimum absolute atomic E-state index is 0.0781. The van der Waals surface area contributed by atoms with E-state index in [9.17, 15) is 4.79 Å². The molecule has 0 unspecified atom stereocenters. The zero-order valence-corrected chi connectivity index (χ0v) is 15.9. The van der Waals surface area contributed by atoms with Gasteiger partial charge in [-0.1, -0.05) is 54.1 Å². The summed E-state index contributed by atoms with van der Waals surface area (Å²) in [6.07, 6.45) is 3.13. The van der Waals surface area contributed by atoms with Crippen LogP contribution >= 0.6 is 11.6 Å². The first-order valence-electron chi connectivity index (χ1n) is 8.79. The average Bonchev–Trinajstić information content (AvgIpc) is 2.72. The number of hydrogen-bond donors (Lipinski definition) is 1. The third kappa shape index (κ3) is 5.28. The van der Waals surface area contributed by atoms with Gasteiger partial charge in [0, 0.05) is 37.1 Å². The second kappa shape index (κ2) is 9.14. The molecule has 1 N–H and O–H groups in total. The Hall–Kier alpha value is -2.92. The van der Waals surface area contributed by atoms with E-state index in [1.54, 1.807) is 17.3 Å². The number of carbonyl (C=O) groups is 1. The molecule has 0 aliphatic rings. The van der Waals surface area contributed by atoms with Crippen LogP contribution in [0, 0.1) is 0 Å². The summed E-state index contributed by atoms with van der Waals surface area (Å²) in [6, 6.07) is 17.5. The fraction of sp³-hybridized carbons (Fsp3) is 0.190. The van der Waals surface area contributed by atoms with Gasteiger partial charge in [0.05, 0.1) is 5.56 Å². The van der Waals surface area contributed by atoms with Gasteiger partial charge in [-0.2, -0.15) is 0 Å². The van der Waals surface area contributed by atoms with Gasteiger partial charge in [0.2, 0.25) is 5.95 Å². The molecule has 27 heavy (non-hydrogen) atoms. The number of nitrogens with one attached hydrogen (secondary N) is 1. The molecule has 3 aromatic rings. The number of aromatic nitrogens is 2. The van der Waals surface area contributed by atoms with Crippen molar-refractivity contribution in [2.75, 3.05) is 11.9 Å². The molecule has 0 aliphatic heterocycles. The molecule has 0 radical (unpaired) electrons. The van der Waals surface area contributed by atoms with E-state index in [0.717, 1.165) is 11.1 Å². The van der Waals surface area contributed by atoms with Crippen molar-refractivity contribution in [3.8, 4) is 0 Å². The van der Waals surface area contributed by atoms with Crippen LogP contribution in [0.4, 0.5) is 5.95 Å². The van der Waals surface area contributed by atoms with Gasteiger partial charge in [-0.05, 0) is 30.2 Å². The highest BCUT2D eigenvalue weighted by atomic mass is 35.5. The number of nitrogens with zero attached hydrogens (tertiary/aromatic N) is 3. The Morgan fingerprint density at radius 2 is 1.67 bits per heavy atom. The van der Waals surface area contributed by atoms with E-state index in [0.29, 0.717) is 36.2 Å². The standard InChI is InChI=1S/C21H21ClN4O/c1-2-26(15-17-6-4-3-5-7-17)20(27)18-13-24-21(25-14-18)23-12-16-8-10-19(22)11-9-16/h3-11,13-14H,2,12,15H2,1H3,(H,23,24,25). The topological polar surface area (TPSA) is 58.1 Å². The van der Waals surface area contributed by atoms with E-state index in [1.165, 1.54) is 0 Å². The number of halogens is 1. The van der Waals surface area contributed by atoms with Crippen molar-refractivity contribution in [3.05, 3.63) is 88.7 Å². The second-order valence-corrected chi connectivity index (χ2v) is 6.52. The highest BCUT2D eigenvalue weighted by Gasteiger charge is 2.15. The first-order valence-corrected chi connectivity index (χ1v) is 9.17. The van der Waals surface area contributed by atoms with Crippen molar-refractivity contribution >= 4 is 23.5 Å². The lowest BCUT2D eigenvalue weighted by atomic mass is 10.2. The summed E-state index contributed by atoms with van der Waals surface area (Å²) in [5.74, 6) is 0.401. The fourth-order valence-electron chi connectivity index (χ4n) is 2.63. The van der Waals surface area contributed by atoms with Crippen LogP contribution in [0.1, 0.15) is 28.4 Å². The van der Waals surface area contributed by atoms with Crippen LogP contribution in [0.2, 0.25) is 5.02 Å². The largest absolute Gasteiger partial charge is 0.350 e. The zero-order valence-electron chi connectivity index (χ0n) is 15.1. The molecular weight excluding hydrogens is 360 g/mol. The molecule has 0 bridgehead atoms. The lowest BCUT2D eigenvalue weighted by Gasteiger charge is -2.20. The lowest BCUT2D eigenvalue weighted by Crippen LogP contribution is -2.30. The van der Waals surface area contributed by atoms with Gasteiger partial charge in [0.25, 0.3) is 5.91 Å². The lowest BCUT2D eigenvalue weighted by molar-refractivity contribution is 0.0751. The number of amides is 1. The summed E-state index contributed by atoms with van der Waals surface area (Å²) >= 11 is 5.88. The summed E-state index contributed by atoms with van der Waals surface area (Å²) in [5.41, 5.74) is 2.64. The van der Waals surface area contributed by atoms with Crippen LogP contribution in [0.3, 0.4) is 0 Å². The minimum atomic E-state index is -0.0781. The van der Waals surface area contributed by atoms with Crippen molar-refractivity contribution in [1.82, 2.24) is 14.9 Å². The third-order valence-electron chi connectivity index (χ3n) is 4.15. The molecule has 6 heteroatoms. The van der Waals surface area contributed by atoms with Gasteiger partial charge in [0.1, 0.15) is 0 Å². The molecule has 0 atom stereocenters. The Morgan fingerprint density at radius 3 is 2.30 bits per heavy atom. The third-order valence-corrected chi connectivity index (χ3v) is 4.40. The van der Waals surface area contributed by atoms with Crippen LogP contribution in [-0.4, -0.2) is 27.3 Å². The molecule has 5 nitrogen and oxygen atoms in total. The van der Waals surface area contributed by atoms with Gasteiger partial charge < -0.3 is 10.2 Å². The van der Waals surface area contributed by atoms with Crippen LogP contribution in [0.25, 0.3) is 0 Å². The predicted molar refractivity (Wildman–Crippen MR) is 108 cm³/mol. The molecular formula is C21H21ClN4O. The normalized spacial score (nSPS) is 10.4. The smallest absolute Gasteiger partial charge is 0.257 e. The maximum Gasteiger partial charge on any atom is 0.257 e. The second-order valence-electron chi connectivity index (χ2n) is 6.08. The number of benzene rings is 2. The molecule has 0 fully saturated rings. The molecule has 0 saturated heterocycles. The van der Waals surface area contributed by atoms with Crippen molar-refractivity contribution < 1.29 is 4.79 Å². The molecule has 138 valence electrons. The van der Waals surface area contributed by atoms with Crippen molar-refractivity contribution in [1.29, 1.82) is 0 Å². The van der Waals surface area contributed by atoms with Crippen LogP contribution in [0.5, 0.6) is 0 Å². The Labute approximate surface area is 164 Å². The van der Waals surface area contributed by atoms with E-state index < -0.39 is 0 Å². The summed E-state index contributed by atoms with van der Waals surface area (Å²) in [7, 11) is 0. The van der Waals surface area contributed by atoms with E-state index in [1.807, 2.05) is 61.5 Å². The van der Waals surface area contributed by atoms with Crippen molar-refractivity contribution in [2.45, 2.75) is 20.0 Å². The molecule has 1 heterocycles. The maximum atomic E-state index is 12.7. The Balaban J connectivity index is 1.61. The monoisotopic (exact) mass is 380 g/mol. The molecule has 0 saturated carbocycles. The zero-order chi connectivity index (χ0) is 19.1. The number of anilines is 1. The maximum absolute atomic E-state index is 12.7. The first-order chi connectivity index (χ1) is 13.2. The Bertz CT molecular complexity index is 867. The molecule has 3 rings (SSSR count). The van der Waals surface area contributed by atoms with Crippen molar-refractivity contribution in [3.63, 3.8) is 0 Å².